The zero-order chi connectivity index (χ0) is 17.3. The van der Waals surface area contributed by atoms with Gasteiger partial charge in [-0.05, 0) is 63.3 Å². The van der Waals surface area contributed by atoms with E-state index in [1.807, 2.05) is 17.0 Å². The fraction of sp³-hybridized carbons (Fsp3) is 0.650. The first-order valence-electron chi connectivity index (χ1n) is 9.35. The number of benzene rings is 1. The molecule has 2 saturated heterocycles. The van der Waals surface area contributed by atoms with Crippen LogP contribution in [0, 0.1) is 13.8 Å². The van der Waals surface area contributed by atoms with Crippen LogP contribution in [0.5, 0.6) is 5.75 Å². The number of rotatable bonds is 4. The molecule has 1 aromatic rings. The number of aryl methyl sites for hydroxylation is 2. The quantitative estimate of drug-likeness (QED) is 0.699. The molecule has 1 aromatic carbocycles. The third-order valence-corrected chi connectivity index (χ3v) is 6.15. The van der Waals surface area contributed by atoms with Crippen molar-refractivity contribution in [1.82, 2.24) is 0 Å². The number of likely N-dealkylation sites (N-methyl/N-ethyl adjacent to an activating group) is 1. The molecule has 135 valence electrons. The van der Waals surface area contributed by atoms with Crippen LogP contribution in [0.2, 0.25) is 0 Å². The smallest absolute Gasteiger partial charge is 0.285 e. The van der Waals surface area contributed by atoms with Gasteiger partial charge in [-0.3, -0.25) is 4.79 Å². The standard InChI is InChI=1S/C20H31N2O2.Y/c1-5-22(11-7-6-8-12-22)18-9-10-21(20(18)23)19-15(2)13-17(24-4)14-16(19)3;/h13-14,18H,5-12H2,1-4H3;/q+1;. The van der Waals surface area contributed by atoms with Gasteiger partial charge in [0.25, 0.3) is 5.91 Å². The summed E-state index contributed by atoms with van der Waals surface area (Å²) in [5.41, 5.74) is 3.35. The molecule has 5 heteroatoms. The molecule has 2 fully saturated rings. The minimum absolute atomic E-state index is 0. The number of carbonyl (C=O) groups is 1. The van der Waals surface area contributed by atoms with E-state index in [0.717, 1.165) is 46.6 Å². The van der Waals surface area contributed by atoms with Gasteiger partial charge in [-0.15, -0.1) is 0 Å². The summed E-state index contributed by atoms with van der Waals surface area (Å²) in [7, 11) is 1.69. The van der Waals surface area contributed by atoms with Gasteiger partial charge in [0.1, 0.15) is 5.75 Å². The van der Waals surface area contributed by atoms with Crippen molar-refractivity contribution >= 4 is 11.6 Å². The van der Waals surface area contributed by atoms with Crippen LogP contribution in [0.1, 0.15) is 43.7 Å². The summed E-state index contributed by atoms with van der Waals surface area (Å²) in [5, 5.41) is 0. The molecule has 25 heavy (non-hydrogen) atoms. The number of anilines is 1. The maximum absolute atomic E-state index is 13.3. The molecule has 2 aliphatic heterocycles. The van der Waals surface area contributed by atoms with Crippen molar-refractivity contribution in [2.24, 2.45) is 0 Å². The SMILES string of the molecule is CC[N+]1(C2CCN(c3c(C)cc(OC)cc3C)C2=O)CCCCC1.[Y]. The van der Waals surface area contributed by atoms with Crippen LogP contribution in [0.4, 0.5) is 5.69 Å². The Balaban J connectivity index is 0.00000225. The van der Waals surface area contributed by atoms with E-state index < -0.39 is 0 Å². The first-order valence-corrected chi connectivity index (χ1v) is 9.35. The molecule has 0 bridgehead atoms. The van der Waals surface area contributed by atoms with Crippen molar-refractivity contribution in [2.45, 2.75) is 52.5 Å². The molecule has 2 heterocycles. The van der Waals surface area contributed by atoms with Crippen LogP contribution in [-0.4, -0.2) is 49.7 Å². The predicted molar refractivity (Wildman–Crippen MR) is 97.6 cm³/mol. The maximum Gasteiger partial charge on any atom is 0.285 e. The van der Waals surface area contributed by atoms with E-state index in [4.69, 9.17) is 4.74 Å². The molecule has 0 saturated carbocycles. The third kappa shape index (κ3) is 3.82. The van der Waals surface area contributed by atoms with Crippen LogP contribution < -0.4 is 9.64 Å². The van der Waals surface area contributed by atoms with Crippen LogP contribution in [0.25, 0.3) is 0 Å². The molecule has 0 N–H and O–H groups in total. The summed E-state index contributed by atoms with van der Waals surface area (Å²) in [5.74, 6) is 1.19. The predicted octanol–water partition coefficient (Wildman–Crippen LogP) is 3.44. The molecule has 1 atom stereocenters. The Morgan fingerprint density at radius 3 is 2.28 bits per heavy atom. The number of piperidine rings is 1. The molecular weight excluding hydrogens is 389 g/mol. The molecule has 2 aliphatic rings. The molecule has 3 rings (SSSR count). The fourth-order valence-electron chi connectivity index (χ4n) is 4.85. The van der Waals surface area contributed by atoms with Gasteiger partial charge in [-0.25, -0.2) is 0 Å². The summed E-state index contributed by atoms with van der Waals surface area (Å²) in [6, 6.07) is 4.22. The number of carbonyl (C=O) groups excluding carboxylic acids is 1. The largest absolute Gasteiger partial charge is 0.497 e. The molecule has 1 amide bonds. The van der Waals surface area contributed by atoms with E-state index in [9.17, 15) is 4.79 Å². The van der Waals surface area contributed by atoms with Crippen molar-refractivity contribution in [3.8, 4) is 5.75 Å². The van der Waals surface area contributed by atoms with Crippen molar-refractivity contribution in [3.63, 3.8) is 0 Å². The van der Waals surface area contributed by atoms with E-state index >= 15 is 0 Å². The zero-order valence-electron chi connectivity index (χ0n) is 16.2. The number of quaternary nitrogens is 1. The van der Waals surface area contributed by atoms with Gasteiger partial charge in [0.2, 0.25) is 0 Å². The summed E-state index contributed by atoms with van der Waals surface area (Å²) in [6.45, 7) is 10.7. The van der Waals surface area contributed by atoms with Crippen LogP contribution in [0.3, 0.4) is 0 Å². The molecule has 0 aromatic heterocycles. The number of amides is 1. The van der Waals surface area contributed by atoms with E-state index in [2.05, 4.69) is 20.8 Å². The summed E-state index contributed by atoms with van der Waals surface area (Å²) in [6.07, 6.45) is 4.83. The molecular formula is C20H31N2O2Y+. The monoisotopic (exact) mass is 420 g/mol. The number of likely N-dealkylation sites (tertiary alicyclic amines) is 1. The fourth-order valence-corrected chi connectivity index (χ4v) is 4.85. The Morgan fingerprint density at radius 1 is 1.16 bits per heavy atom. The Hall–Kier alpha value is -0.446. The Morgan fingerprint density at radius 2 is 1.76 bits per heavy atom. The van der Waals surface area contributed by atoms with E-state index in [1.54, 1.807) is 7.11 Å². The average molecular weight is 420 g/mol. The van der Waals surface area contributed by atoms with E-state index in [-0.39, 0.29) is 38.8 Å². The normalized spacial score (nSPS) is 22.6. The Bertz CT molecular complexity index is 603. The van der Waals surface area contributed by atoms with Gasteiger partial charge in [-0.2, -0.15) is 0 Å². The van der Waals surface area contributed by atoms with Crippen molar-refractivity contribution in [2.75, 3.05) is 38.2 Å². The summed E-state index contributed by atoms with van der Waals surface area (Å²) < 4.78 is 6.37. The molecule has 0 spiro atoms. The number of hydrogen-bond acceptors (Lipinski definition) is 2. The summed E-state index contributed by atoms with van der Waals surface area (Å²) >= 11 is 0. The average Bonchev–Trinajstić information content (AvgIpc) is 2.97. The van der Waals surface area contributed by atoms with Crippen LogP contribution in [-0.2, 0) is 37.5 Å². The van der Waals surface area contributed by atoms with E-state index in [0.29, 0.717) is 5.91 Å². The third-order valence-electron chi connectivity index (χ3n) is 6.15. The second kappa shape index (κ2) is 8.50. The molecule has 0 aliphatic carbocycles. The van der Waals surface area contributed by atoms with E-state index in [1.165, 1.54) is 32.4 Å². The number of ether oxygens (including phenoxy) is 1. The van der Waals surface area contributed by atoms with Gasteiger partial charge < -0.3 is 14.1 Å². The van der Waals surface area contributed by atoms with Crippen LogP contribution in [0.15, 0.2) is 12.1 Å². The molecule has 1 unspecified atom stereocenters. The maximum atomic E-state index is 13.3. The van der Waals surface area contributed by atoms with Gasteiger partial charge in [0.05, 0.1) is 26.7 Å². The second-order valence-corrected chi connectivity index (χ2v) is 7.45. The van der Waals surface area contributed by atoms with Crippen molar-refractivity contribution < 1.29 is 46.7 Å². The number of nitrogens with zero attached hydrogens (tertiary/aromatic N) is 2. The Labute approximate surface area is 177 Å². The minimum atomic E-state index is 0. The number of hydrogen-bond donors (Lipinski definition) is 0. The summed E-state index contributed by atoms with van der Waals surface area (Å²) in [4.78, 5) is 15.3. The molecule has 1 radical (unpaired) electrons. The first-order chi connectivity index (χ1) is 11.5. The second-order valence-electron chi connectivity index (χ2n) is 7.45. The van der Waals surface area contributed by atoms with Gasteiger partial charge in [0.15, 0.2) is 6.04 Å². The number of methoxy groups -OCH3 is 1. The van der Waals surface area contributed by atoms with Gasteiger partial charge in [-0.1, -0.05) is 0 Å². The molecule has 4 nitrogen and oxygen atoms in total. The van der Waals surface area contributed by atoms with Crippen LogP contribution >= 0.6 is 0 Å². The Kier molecular flexibility index (Phi) is 7.09. The van der Waals surface area contributed by atoms with Crippen molar-refractivity contribution in [3.05, 3.63) is 23.3 Å². The van der Waals surface area contributed by atoms with Gasteiger partial charge >= 0.3 is 0 Å². The van der Waals surface area contributed by atoms with Gasteiger partial charge in [0, 0.05) is 51.4 Å². The topological polar surface area (TPSA) is 29.5 Å². The minimum Gasteiger partial charge on any atom is -0.497 e. The zero-order valence-corrected chi connectivity index (χ0v) is 19.0. The van der Waals surface area contributed by atoms with Crippen molar-refractivity contribution in [1.29, 1.82) is 0 Å². The first kappa shape index (κ1) is 20.9.